The number of ether oxygens (including phenoxy) is 1. The van der Waals surface area contributed by atoms with Crippen molar-refractivity contribution in [2.24, 2.45) is 0 Å². The zero-order chi connectivity index (χ0) is 13.2. The molecule has 0 amide bonds. The van der Waals surface area contributed by atoms with Crippen molar-refractivity contribution in [1.29, 1.82) is 0 Å². The van der Waals surface area contributed by atoms with Crippen LogP contribution in [0.4, 0.5) is 4.39 Å². The Kier molecular flexibility index (Phi) is 3.49. The maximum Gasteiger partial charge on any atom is 0.261 e. The SMILES string of the molecule is O=S(=O)(Cl)c1ccnc(Oc2ccccc2F)c1. The van der Waals surface area contributed by atoms with Crippen LogP contribution in [0.25, 0.3) is 0 Å². The van der Waals surface area contributed by atoms with E-state index in [-0.39, 0.29) is 16.5 Å². The number of pyridine rings is 1. The molecule has 4 nitrogen and oxygen atoms in total. The van der Waals surface area contributed by atoms with E-state index in [9.17, 15) is 12.8 Å². The average Bonchev–Trinajstić information content (AvgIpc) is 2.31. The number of hydrogen-bond acceptors (Lipinski definition) is 4. The third kappa shape index (κ3) is 2.96. The lowest BCUT2D eigenvalue weighted by molar-refractivity contribution is 0.426. The van der Waals surface area contributed by atoms with Gasteiger partial charge in [-0.3, -0.25) is 0 Å². The Morgan fingerprint density at radius 3 is 2.61 bits per heavy atom. The van der Waals surface area contributed by atoms with Gasteiger partial charge >= 0.3 is 0 Å². The van der Waals surface area contributed by atoms with Crippen molar-refractivity contribution in [3.05, 3.63) is 48.4 Å². The monoisotopic (exact) mass is 287 g/mol. The van der Waals surface area contributed by atoms with Crippen LogP contribution < -0.4 is 4.74 Å². The Morgan fingerprint density at radius 2 is 1.94 bits per heavy atom. The van der Waals surface area contributed by atoms with E-state index in [4.69, 9.17) is 15.4 Å². The van der Waals surface area contributed by atoms with E-state index in [0.29, 0.717) is 0 Å². The number of nitrogens with zero attached hydrogens (tertiary/aromatic N) is 1. The Labute approximate surface area is 107 Å². The molecule has 94 valence electrons. The third-order valence-corrected chi connectivity index (χ3v) is 3.39. The summed E-state index contributed by atoms with van der Waals surface area (Å²) >= 11 is 0. The molecule has 0 saturated heterocycles. The van der Waals surface area contributed by atoms with Crippen molar-refractivity contribution >= 4 is 19.7 Å². The first-order valence-corrected chi connectivity index (χ1v) is 7.11. The second kappa shape index (κ2) is 4.91. The highest BCUT2D eigenvalue weighted by molar-refractivity contribution is 8.13. The summed E-state index contributed by atoms with van der Waals surface area (Å²) in [4.78, 5) is 3.62. The van der Waals surface area contributed by atoms with Crippen molar-refractivity contribution in [2.75, 3.05) is 0 Å². The topological polar surface area (TPSA) is 56.3 Å². The number of benzene rings is 1. The van der Waals surface area contributed by atoms with Crippen LogP contribution in [0, 0.1) is 5.82 Å². The highest BCUT2D eigenvalue weighted by Crippen LogP contribution is 2.25. The van der Waals surface area contributed by atoms with E-state index in [2.05, 4.69) is 4.98 Å². The van der Waals surface area contributed by atoms with Crippen molar-refractivity contribution in [3.8, 4) is 11.6 Å². The standard InChI is InChI=1S/C11H7ClFNO3S/c12-18(15,16)8-5-6-14-11(7-8)17-10-4-2-1-3-9(10)13/h1-7H. The fourth-order valence-electron chi connectivity index (χ4n) is 1.24. The summed E-state index contributed by atoms with van der Waals surface area (Å²) in [6.45, 7) is 0. The average molecular weight is 288 g/mol. The summed E-state index contributed by atoms with van der Waals surface area (Å²) in [6.07, 6.45) is 1.21. The Hall–Kier alpha value is -1.66. The number of halogens is 2. The molecule has 0 N–H and O–H groups in total. The number of para-hydroxylation sites is 1. The molecule has 2 aromatic rings. The van der Waals surface area contributed by atoms with Gasteiger partial charge < -0.3 is 4.74 Å². The van der Waals surface area contributed by atoms with Crippen LogP contribution >= 0.6 is 10.7 Å². The molecule has 0 unspecified atom stereocenters. The van der Waals surface area contributed by atoms with Crippen LogP contribution in [-0.2, 0) is 9.05 Å². The summed E-state index contributed by atoms with van der Waals surface area (Å²) in [7, 11) is 1.31. The highest BCUT2D eigenvalue weighted by atomic mass is 35.7. The molecular formula is C11H7ClFNO3S. The van der Waals surface area contributed by atoms with E-state index < -0.39 is 14.9 Å². The zero-order valence-corrected chi connectivity index (χ0v) is 10.5. The lowest BCUT2D eigenvalue weighted by Gasteiger charge is -2.05. The van der Waals surface area contributed by atoms with Gasteiger partial charge in [-0.1, -0.05) is 12.1 Å². The summed E-state index contributed by atoms with van der Waals surface area (Å²) < 4.78 is 40.7. The molecule has 0 aliphatic heterocycles. The Balaban J connectivity index is 2.34. The van der Waals surface area contributed by atoms with Gasteiger partial charge in [-0.15, -0.1) is 0 Å². The van der Waals surface area contributed by atoms with Crippen molar-refractivity contribution in [2.45, 2.75) is 4.90 Å². The molecule has 1 aromatic carbocycles. The molecule has 2 rings (SSSR count). The van der Waals surface area contributed by atoms with Crippen molar-refractivity contribution in [1.82, 2.24) is 4.98 Å². The summed E-state index contributed by atoms with van der Waals surface area (Å²) in [5.74, 6) is -0.672. The largest absolute Gasteiger partial charge is 0.436 e. The lowest BCUT2D eigenvalue weighted by Crippen LogP contribution is -1.95. The minimum Gasteiger partial charge on any atom is -0.436 e. The first kappa shape index (κ1) is 12.8. The zero-order valence-electron chi connectivity index (χ0n) is 8.88. The first-order chi connectivity index (χ1) is 8.47. The lowest BCUT2D eigenvalue weighted by atomic mass is 10.3. The van der Waals surface area contributed by atoms with Gasteiger partial charge in [0.1, 0.15) is 0 Å². The van der Waals surface area contributed by atoms with E-state index in [1.807, 2.05) is 0 Å². The van der Waals surface area contributed by atoms with Gasteiger partial charge in [0.25, 0.3) is 9.05 Å². The van der Waals surface area contributed by atoms with Crippen LogP contribution in [0.15, 0.2) is 47.5 Å². The fourth-order valence-corrected chi connectivity index (χ4v) is 1.99. The predicted octanol–water partition coefficient (Wildman–Crippen LogP) is 2.94. The van der Waals surface area contributed by atoms with Crippen LogP contribution in [0.3, 0.4) is 0 Å². The maximum atomic E-state index is 13.3. The molecule has 7 heteroatoms. The summed E-state index contributed by atoms with van der Waals surface area (Å²) in [6, 6.07) is 8.05. The minimum atomic E-state index is -3.87. The van der Waals surface area contributed by atoms with Crippen molar-refractivity contribution < 1.29 is 17.5 Å². The summed E-state index contributed by atoms with van der Waals surface area (Å²) in [5, 5.41) is 0. The smallest absolute Gasteiger partial charge is 0.261 e. The maximum absolute atomic E-state index is 13.3. The molecule has 1 heterocycles. The van der Waals surface area contributed by atoms with Crippen LogP contribution in [0.5, 0.6) is 11.6 Å². The number of aromatic nitrogens is 1. The molecule has 0 radical (unpaired) electrons. The van der Waals surface area contributed by atoms with Gasteiger partial charge in [-0.2, -0.15) is 0 Å². The van der Waals surface area contributed by atoms with Gasteiger partial charge in [0.2, 0.25) is 5.88 Å². The Morgan fingerprint density at radius 1 is 1.22 bits per heavy atom. The number of rotatable bonds is 3. The molecule has 0 aliphatic carbocycles. The predicted molar refractivity (Wildman–Crippen MR) is 63.7 cm³/mol. The molecule has 0 aliphatic rings. The molecule has 18 heavy (non-hydrogen) atoms. The van der Waals surface area contributed by atoms with Crippen molar-refractivity contribution in [3.63, 3.8) is 0 Å². The van der Waals surface area contributed by atoms with E-state index in [1.165, 1.54) is 30.5 Å². The molecule has 0 spiro atoms. The second-order valence-electron chi connectivity index (χ2n) is 3.30. The van der Waals surface area contributed by atoms with Crippen LogP contribution in [-0.4, -0.2) is 13.4 Å². The van der Waals surface area contributed by atoms with Gasteiger partial charge in [-0.05, 0) is 18.2 Å². The molecular weight excluding hydrogens is 281 g/mol. The molecule has 0 bridgehead atoms. The minimum absolute atomic E-state index is 0.0471. The van der Waals surface area contributed by atoms with Crippen LogP contribution in [0.2, 0.25) is 0 Å². The molecule has 1 aromatic heterocycles. The van der Waals surface area contributed by atoms with Gasteiger partial charge in [-0.25, -0.2) is 17.8 Å². The first-order valence-electron chi connectivity index (χ1n) is 4.80. The van der Waals surface area contributed by atoms with E-state index in [1.54, 1.807) is 6.07 Å². The molecule has 0 saturated carbocycles. The van der Waals surface area contributed by atoms with Gasteiger partial charge in [0, 0.05) is 22.9 Å². The van der Waals surface area contributed by atoms with E-state index in [0.717, 1.165) is 6.07 Å². The summed E-state index contributed by atoms with van der Waals surface area (Å²) in [5.41, 5.74) is 0. The fraction of sp³-hybridized carbons (Fsp3) is 0. The second-order valence-corrected chi connectivity index (χ2v) is 5.87. The van der Waals surface area contributed by atoms with E-state index >= 15 is 0 Å². The Bertz CT molecular complexity index is 675. The normalized spacial score (nSPS) is 11.2. The van der Waals surface area contributed by atoms with Gasteiger partial charge in [0.05, 0.1) is 4.90 Å². The van der Waals surface area contributed by atoms with Gasteiger partial charge in [0.15, 0.2) is 11.6 Å². The highest BCUT2D eigenvalue weighted by Gasteiger charge is 2.12. The molecule has 0 atom stereocenters. The quantitative estimate of drug-likeness (QED) is 0.815. The third-order valence-electron chi connectivity index (χ3n) is 2.04. The molecule has 0 fully saturated rings. The van der Waals surface area contributed by atoms with Crippen LogP contribution in [0.1, 0.15) is 0 Å². The number of hydrogen-bond donors (Lipinski definition) is 0.